The number of rotatable bonds is 3. The van der Waals surface area contributed by atoms with Gasteiger partial charge in [-0.2, -0.15) is 0 Å². The maximum absolute atomic E-state index is 11.3. The zero-order chi connectivity index (χ0) is 11.4. The molecule has 1 rings (SSSR count). The highest BCUT2D eigenvalue weighted by Gasteiger charge is 2.32. The van der Waals surface area contributed by atoms with E-state index in [-0.39, 0.29) is 17.9 Å². The summed E-state index contributed by atoms with van der Waals surface area (Å²) in [6.07, 6.45) is 2.67. The average molecular weight is 214 g/mol. The summed E-state index contributed by atoms with van der Waals surface area (Å²) >= 11 is 0. The fourth-order valence-corrected chi connectivity index (χ4v) is 1.99. The number of likely N-dealkylation sites (tertiary alicyclic amines) is 1. The topological polar surface area (TPSA) is 101 Å². The van der Waals surface area contributed by atoms with E-state index in [1.807, 2.05) is 4.90 Å². The Kier molecular flexibility index (Phi) is 4.05. The number of piperidine rings is 1. The van der Waals surface area contributed by atoms with Crippen LogP contribution in [0.5, 0.6) is 0 Å². The molecule has 6 heteroatoms. The molecule has 2 amide bonds. The Morgan fingerprint density at radius 3 is 2.67 bits per heavy atom. The van der Waals surface area contributed by atoms with Crippen LogP contribution >= 0.6 is 0 Å². The predicted octanol–water partition coefficient (Wildman–Crippen LogP) is -1.30. The van der Waals surface area contributed by atoms with Gasteiger partial charge in [-0.25, -0.2) is 5.84 Å². The van der Waals surface area contributed by atoms with E-state index < -0.39 is 6.04 Å². The molecular weight excluding hydrogens is 196 g/mol. The molecule has 15 heavy (non-hydrogen) atoms. The van der Waals surface area contributed by atoms with Gasteiger partial charge >= 0.3 is 0 Å². The van der Waals surface area contributed by atoms with E-state index in [9.17, 15) is 9.59 Å². The van der Waals surface area contributed by atoms with Gasteiger partial charge in [0.05, 0.1) is 12.1 Å². The highest BCUT2D eigenvalue weighted by Crippen LogP contribution is 2.19. The van der Waals surface area contributed by atoms with Gasteiger partial charge in [-0.3, -0.25) is 19.9 Å². The number of hydrazine groups is 1. The minimum atomic E-state index is -0.409. The number of amides is 2. The van der Waals surface area contributed by atoms with E-state index in [0.29, 0.717) is 6.54 Å². The fourth-order valence-electron chi connectivity index (χ4n) is 1.99. The van der Waals surface area contributed by atoms with Crippen LogP contribution in [0.4, 0.5) is 0 Å². The lowest BCUT2D eigenvalue weighted by molar-refractivity contribution is -0.132. The van der Waals surface area contributed by atoms with Crippen molar-refractivity contribution < 1.29 is 9.59 Å². The Balaban J connectivity index is 2.71. The summed E-state index contributed by atoms with van der Waals surface area (Å²) in [6.45, 7) is 2.44. The van der Waals surface area contributed by atoms with Gasteiger partial charge in [0, 0.05) is 0 Å². The molecular formula is C9H18N4O2. The van der Waals surface area contributed by atoms with Crippen LogP contribution in [0.2, 0.25) is 0 Å². The van der Waals surface area contributed by atoms with Gasteiger partial charge in [0.15, 0.2) is 0 Å². The molecule has 86 valence electrons. The monoisotopic (exact) mass is 214 g/mol. The maximum atomic E-state index is 11.3. The predicted molar refractivity (Wildman–Crippen MR) is 55.3 cm³/mol. The second-order valence-electron chi connectivity index (χ2n) is 3.84. The number of nitrogens with two attached hydrogens (primary N) is 2. The average Bonchev–Trinajstić information content (AvgIpc) is 2.27. The summed E-state index contributed by atoms with van der Waals surface area (Å²) in [4.78, 5) is 24.4. The lowest BCUT2D eigenvalue weighted by atomic mass is 9.99. The molecule has 0 aromatic rings. The fraction of sp³-hybridized carbons (Fsp3) is 0.778. The van der Waals surface area contributed by atoms with Crippen LogP contribution in [0, 0.1) is 0 Å². The largest absolute Gasteiger partial charge is 0.368 e. The molecule has 1 saturated heterocycles. The second kappa shape index (κ2) is 5.09. The molecule has 0 aromatic carbocycles. The van der Waals surface area contributed by atoms with Crippen molar-refractivity contribution in [3.05, 3.63) is 0 Å². The second-order valence-corrected chi connectivity index (χ2v) is 3.84. The van der Waals surface area contributed by atoms with Crippen molar-refractivity contribution in [3.63, 3.8) is 0 Å². The summed E-state index contributed by atoms with van der Waals surface area (Å²) in [5, 5.41) is 0. The van der Waals surface area contributed by atoms with Crippen LogP contribution in [0.15, 0.2) is 0 Å². The highest BCUT2D eigenvalue weighted by molar-refractivity contribution is 5.84. The van der Waals surface area contributed by atoms with Gasteiger partial charge < -0.3 is 5.73 Å². The van der Waals surface area contributed by atoms with Crippen molar-refractivity contribution in [1.82, 2.24) is 10.3 Å². The zero-order valence-electron chi connectivity index (χ0n) is 8.90. The van der Waals surface area contributed by atoms with E-state index in [1.54, 1.807) is 6.92 Å². The first-order chi connectivity index (χ1) is 7.07. The molecule has 5 N–H and O–H groups in total. The minimum Gasteiger partial charge on any atom is -0.368 e. The van der Waals surface area contributed by atoms with E-state index in [2.05, 4.69) is 5.43 Å². The first-order valence-corrected chi connectivity index (χ1v) is 5.13. The molecule has 0 spiro atoms. The third kappa shape index (κ3) is 2.66. The molecule has 1 aliphatic heterocycles. The Hall–Kier alpha value is -1.14. The highest BCUT2D eigenvalue weighted by atomic mass is 16.2. The number of nitrogens with one attached hydrogen (secondary N) is 1. The quantitative estimate of drug-likeness (QED) is 0.309. The summed E-state index contributed by atoms with van der Waals surface area (Å²) in [7, 11) is 0. The van der Waals surface area contributed by atoms with Crippen LogP contribution < -0.4 is 17.0 Å². The van der Waals surface area contributed by atoms with E-state index in [4.69, 9.17) is 11.6 Å². The maximum Gasteiger partial charge on any atom is 0.250 e. The van der Waals surface area contributed by atoms with E-state index in [0.717, 1.165) is 19.3 Å². The molecule has 0 aliphatic carbocycles. The molecule has 1 heterocycles. The Morgan fingerprint density at radius 2 is 2.13 bits per heavy atom. The summed E-state index contributed by atoms with van der Waals surface area (Å²) in [5.74, 6) is 4.40. The molecule has 0 aromatic heterocycles. The van der Waals surface area contributed by atoms with Crippen LogP contribution in [0.1, 0.15) is 26.2 Å². The van der Waals surface area contributed by atoms with Gasteiger partial charge in [-0.15, -0.1) is 0 Å². The third-order valence-corrected chi connectivity index (χ3v) is 2.89. The van der Waals surface area contributed by atoms with E-state index >= 15 is 0 Å². The van der Waals surface area contributed by atoms with E-state index in [1.165, 1.54) is 0 Å². The molecule has 2 unspecified atom stereocenters. The number of carbonyl (C=O) groups excluding carboxylic acids is 2. The van der Waals surface area contributed by atoms with Crippen LogP contribution in [0.3, 0.4) is 0 Å². The van der Waals surface area contributed by atoms with Crippen molar-refractivity contribution in [2.45, 2.75) is 38.3 Å². The first kappa shape index (κ1) is 11.9. The summed E-state index contributed by atoms with van der Waals surface area (Å²) < 4.78 is 0. The number of hydrogen-bond donors (Lipinski definition) is 3. The van der Waals surface area contributed by atoms with Crippen LogP contribution in [-0.4, -0.2) is 35.3 Å². The van der Waals surface area contributed by atoms with Gasteiger partial charge in [0.2, 0.25) is 5.91 Å². The van der Waals surface area contributed by atoms with Crippen LogP contribution in [0.25, 0.3) is 0 Å². The molecule has 2 atom stereocenters. The lowest BCUT2D eigenvalue weighted by Gasteiger charge is -2.36. The Labute approximate surface area is 88.9 Å². The molecule has 0 saturated carbocycles. The Morgan fingerprint density at radius 1 is 1.47 bits per heavy atom. The van der Waals surface area contributed by atoms with Crippen molar-refractivity contribution >= 4 is 11.8 Å². The summed E-state index contributed by atoms with van der Waals surface area (Å²) in [5.41, 5.74) is 7.38. The molecule has 1 aliphatic rings. The smallest absolute Gasteiger partial charge is 0.250 e. The summed E-state index contributed by atoms with van der Waals surface area (Å²) in [6, 6.07) is -0.751. The van der Waals surface area contributed by atoms with Crippen molar-refractivity contribution in [2.24, 2.45) is 11.6 Å². The third-order valence-electron chi connectivity index (χ3n) is 2.89. The molecule has 6 nitrogen and oxygen atoms in total. The molecule has 1 fully saturated rings. The standard InChI is InChI=1S/C9H18N4O2/c1-6(9(15)12-11)13-5-3-2-4-7(13)8(10)14/h6-7H,2-5,11H2,1H3,(H2,10,14)(H,12,15). The van der Waals surface area contributed by atoms with Gasteiger partial charge in [0.1, 0.15) is 0 Å². The van der Waals surface area contributed by atoms with Crippen molar-refractivity contribution in [2.75, 3.05) is 6.54 Å². The van der Waals surface area contributed by atoms with Gasteiger partial charge in [-0.05, 0) is 26.3 Å². The zero-order valence-corrected chi connectivity index (χ0v) is 8.90. The Bertz CT molecular complexity index is 256. The normalized spacial score (nSPS) is 24.5. The van der Waals surface area contributed by atoms with Crippen LogP contribution in [-0.2, 0) is 9.59 Å². The van der Waals surface area contributed by atoms with Crippen molar-refractivity contribution in [1.29, 1.82) is 0 Å². The number of carbonyl (C=O) groups is 2. The number of hydrogen-bond acceptors (Lipinski definition) is 4. The van der Waals surface area contributed by atoms with Gasteiger partial charge in [-0.1, -0.05) is 6.42 Å². The lowest BCUT2D eigenvalue weighted by Crippen LogP contribution is -2.56. The van der Waals surface area contributed by atoms with Gasteiger partial charge in [0.25, 0.3) is 5.91 Å². The molecule has 0 bridgehead atoms. The van der Waals surface area contributed by atoms with Crippen molar-refractivity contribution in [3.8, 4) is 0 Å². The molecule has 0 radical (unpaired) electrons. The SMILES string of the molecule is CC(C(=O)NN)N1CCCCC1C(N)=O. The number of nitrogens with zero attached hydrogens (tertiary/aromatic N) is 1. The number of primary amides is 1. The first-order valence-electron chi connectivity index (χ1n) is 5.13. The minimum absolute atomic E-state index is 0.289.